The summed E-state index contributed by atoms with van der Waals surface area (Å²) in [6.07, 6.45) is 5.64. The molecule has 0 radical (unpaired) electrons. The number of nitrogens with zero attached hydrogens (tertiary/aromatic N) is 1. The van der Waals surface area contributed by atoms with Crippen LogP contribution in [0.5, 0.6) is 0 Å². The zero-order valence-corrected chi connectivity index (χ0v) is 11.5. The molecule has 1 aromatic carbocycles. The molecule has 0 atom stereocenters. The molecule has 0 spiro atoms. The third-order valence-electron chi connectivity index (χ3n) is 3.03. The number of carbonyl (C=O) groups excluding carboxylic acids is 1. The average molecular weight is 288 g/mol. The van der Waals surface area contributed by atoms with Crippen LogP contribution in [-0.4, -0.2) is 16.9 Å². The maximum absolute atomic E-state index is 12.2. The van der Waals surface area contributed by atoms with Gasteiger partial charge in [-0.05, 0) is 37.1 Å². The summed E-state index contributed by atoms with van der Waals surface area (Å²) in [7, 11) is 0. The topological polar surface area (TPSA) is 54.0 Å². The minimum absolute atomic E-state index is 0.195. The number of rotatable bonds is 4. The van der Waals surface area contributed by atoms with Crippen LogP contribution in [0.2, 0.25) is 5.02 Å². The normalized spacial score (nSPS) is 13.8. The Kier molecular flexibility index (Phi) is 3.56. The molecule has 2 N–H and O–H groups in total. The van der Waals surface area contributed by atoms with Gasteiger partial charge in [-0.25, -0.2) is 0 Å². The van der Waals surface area contributed by atoms with Gasteiger partial charge in [0.2, 0.25) is 0 Å². The molecule has 1 aromatic heterocycles. The van der Waals surface area contributed by atoms with E-state index in [0.29, 0.717) is 22.3 Å². The van der Waals surface area contributed by atoms with Gasteiger partial charge in [0, 0.05) is 29.1 Å². The van der Waals surface area contributed by atoms with Gasteiger partial charge in [0.1, 0.15) is 0 Å². The summed E-state index contributed by atoms with van der Waals surface area (Å²) in [5.41, 5.74) is 2.07. The van der Waals surface area contributed by atoms with Gasteiger partial charge in [-0.1, -0.05) is 17.7 Å². The van der Waals surface area contributed by atoms with Crippen molar-refractivity contribution in [2.75, 3.05) is 10.6 Å². The number of benzene rings is 1. The molecule has 2 aromatic rings. The van der Waals surface area contributed by atoms with Crippen LogP contribution in [0.25, 0.3) is 0 Å². The Balaban J connectivity index is 1.72. The number of amides is 1. The number of hydrogen-bond acceptors (Lipinski definition) is 3. The van der Waals surface area contributed by atoms with E-state index in [1.165, 1.54) is 12.8 Å². The highest BCUT2D eigenvalue weighted by molar-refractivity contribution is 6.30. The van der Waals surface area contributed by atoms with E-state index in [2.05, 4.69) is 15.6 Å². The highest BCUT2D eigenvalue weighted by Crippen LogP contribution is 2.24. The highest BCUT2D eigenvalue weighted by atomic mass is 35.5. The van der Waals surface area contributed by atoms with Crippen LogP contribution in [0.4, 0.5) is 11.4 Å². The highest BCUT2D eigenvalue weighted by Gasteiger charge is 2.21. The van der Waals surface area contributed by atoms with Gasteiger partial charge in [-0.15, -0.1) is 0 Å². The number of anilines is 2. The number of carbonyl (C=O) groups is 1. The van der Waals surface area contributed by atoms with Crippen molar-refractivity contribution >= 4 is 28.9 Å². The van der Waals surface area contributed by atoms with Crippen molar-refractivity contribution in [2.24, 2.45) is 0 Å². The SMILES string of the molecule is O=C(Nc1cccc(Cl)c1)c1cncc(NC2CC2)c1. The van der Waals surface area contributed by atoms with E-state index in [1.807, 2.05) is 6.07 Å². The number of pyridine rings is 1. The van der Waals surface area contributed by atoms with Crippen LogP contribution >= 0.6 is 11.6 Å². The molecule has 1 heterocycles. The van der Waals surface area contributed by atoms with Crippen molar-refractivity contribution in [3.05, 3.63) is 53.3 Å². The lowest BCUT2D eigenvalue weighted by Crippen LogP contribution is -2.13. The van der Waals surface area contributed by atoms with E-state index < -0.39 is 0 Å². The lowest BCUT2D eigenvalue weighted by molar-refractivity contribution is 0.102. The maximum atomic E-state index is 12.2. The molecule has 0 bridgehead atoms. The van der Waals surface area contributed by atoms with Gasteiger partial charge < -0.3 is 10.6 Å². The molecule has 0 aliphatic heterocycles. The second kappa shape index (κ2) is 5.51. The lowest BCUT2D eigenvalue weighted by atomic mass is 10.2. The smallest absolute Gasteiger partial charge is 0.257 e. The number of aromatic nitrogens is 1. The minimum atomic E-state index is -0.195. The summed E-state index contributed by atoms with van der Waals surface area (Å²) in [4.78, 5) is 16.3. The van der Waals surface area contributed by atoms with Crippen LogP contribution in [0.15, 0.2) is 42.7 Å². The van der Waals surface area contributed by atoms with Crippen LogP contribution in [0.3, 0.4) is 0 Å². The third-order valence-corrected chi connectivity index (χ3v) is 3.27. The molecule has 20 heavy (non-hydrogen) atoms. The molecule has 4 nitrogen and oxygen atoms in total. The molecule has 1 aliphatic rings. The molecule has 1 saturated carbocycles. The third kappa shape index (κ3) is 3.27. The average Bonchev–Trinajstić information content (AvgIpc) is 3.23. The van der Waals surface area contributed by atoms with Crippen LogP contribution in [0, 0.1) is 0 Å². The number of halogens is 1. The zero-order valence-electron chi connectivity index (χ0n) is 10.8. The van der Waals surface area contributed by atoms with Crippen LogP contribution in [0.1, 0.15) is 23.2 Å². The van der Waals surface area contributed by atoms with Crippen molar-refractivity contribution < 1.29 is 4.79 Å². The van der Waals surface area contributed by atoms with Crippen molar-refractivity contribution in [1.29, 1.82) is 0 Å². The van der Waals surface area contributed by atoms with Crippen molar-refractivity contribution in [1.82, 2.24) is 4.98 Å². The van der Waals surface area contributed by atoms with Crippen molar-refractivity contribution in [3.8, 4) is 0 Å². The Bertz CT molecular complexity index is 641. The van der Waals surface area contributed by atoms with Gasteiger partial charge in [0.15, 0.2) is 0 Å². The van der Waals surface area contributed by atoms with Crippen molar-refractivity contribution in [3.63, 3.8) is 0 Å². The second-order valence-electron chi connectivity index (χ2n) is 4.85. The van der Waals surface area contributed by atoms with E-state index in [0.717, 1.165) is 5.69 Å². The fourth-order valence-electron chi connectivity index (χ4n) is 1.88. The maximum Gasteiger partial charge on any atom is 0.257 e. The Morgan fingerprint density at radius 1 is 1.20 bits per heavy atom. The minimum Gasteiger partial charge on any atom is -0.381 e. The Morgan fingerprint density at radius 3 is 2.80 bits per heavy atom. The fourth-order valence-corrected chi connectivity index (χ4v) is 2.07. The first-order chi connectivity index (χ1) is 9.70. The quantitative estimate of drug-likeness (QED) is 0.904. The van der Waals surface area contributed by atoms with Gasteiger partial charge in [0.25, 0.3) is 5.91 Å². The molecule has 5 heteroatoms. The summed E-state index contributed by atoms with van der Waals surface area (Å²) < 4.78 is 0. The molecule has 0 unspecified atom stereocenters. The van der Waals surface area contributed by atoms with E-state index in [-0.39, 0.29) is 5.91 Å². The predicted molar refractivity (Wildman–Crippen MR) is 80.3 cm³/mol. The first-order valence-electron chi connectivity index (χ1n) is 6.49. The van der Waals surface area contributed by atoms with Gasteiger partial charge in [-0.3, -0.25) is 9.78 Å². The first-order valence-corrected chi connectivity index (χ1v) is 6.87. The molecule has 102 valence electrons. The first kappa shape index (κ1) is 12.9. The number of hydrogen-bond donors (Lipinski definition) is 2. The van der Waals surface area contributed by atoms with E-state index >= 15 is 0 Å². The van der Waals surface area contributed by atoms with Gasteiger partial charge in [-0.2, -0.15) is 0 Å². The van der Waals surface area contributed by atoms with E-state index in [9.17, 15) is 4.79 Å². The summed E-state index contributed by atoms with van der Waals surface area (Å²) >= 11 is 5.89. The molecule has 1 amide bonds. The fraction of sp³-hybridized carbons (Fsp3) is 0.200. The summed E-state index contributed by atoms with van der Waals surface area (Å²) in [6, 6.07) is 9.40. The molecule has 1 fully saturated rings. The monoisotopic (exact) mass is 287 g/mol. The van der Waals surface area contributed by atoms with E-state index in [1.54, 1.807) is 36.7 Å². The zero-order chi connectivity index (χ0) is 13.9. The standard InChI is InChI=1S/C15H14ClN3O/c16-11-2-1-3-13(7-11)19-15(20)10-6-14(9-17-8-10)18-12-4-5-12/h1-3,6-9,12,18H,4-5H2,(H,19,20). The number of nitrogens with one attached hydrogen (secondary N) is 2. The molecule has 0 saturated heterocycles. The van der Waals surface area contributed by atoms with Gasteiger partial charge in [0.05, 0.1) is 11.3 Å². The Hall–Kier alpha value is -2.07. The second-order valence-corrected chi connectivity index (χ2v) is 5.28. The van der Waals surface area contributed by atoms with E-state index in [4.69, 9.17) is 11.6 Å². The van der Waals surface area contributed by atoms with Crippen LogP contribution in [-0.2, 0) is 0 Å². The Labute approximate surface area is 122 Å². The largest absolute Gasteiger partial charge is 0.381 e. The van der Waals surface area contributed by atoms with Gasteiger partial charge >= 0.3 is 0 Å². The summed E-state index contributed by atoms with van der Waals surface area (Å²) in [5.74, 6) is -0.195. The van der Waals surface area contributed by atoms with Crippen LogP contribution < -0.4 is 10.6 Å². The van der Waals surface area contributed by atoms with Crippen molar-refractivity contribution in [2.45, 2.75) is 18.9 Å². The molecule has 3 rings (SSSR count). The molecule has 1 aliphatic carbocycles. The molecular formula is C15H14ClN3O. The summed E-state index contributed by atoms with van der Waals surface area (Å²) in [6.45, 7) is 0. The summed E-state index contributed by atoms with van der Waals surface area (Å²) in [5, 5.41) is 6.71. The lowest BCUT2D eigenvalue weighted by Gasteiger charge is -2.08. The predicted octanol–water partition coefficient (Wildman–Crippen LogP) is 3.56. The molecular weight excluding hydrogens is 274 g/mol. The Morgan fingerprint density at radius 2 is 2.05 bits per heavy atom.